The normalized spacial score (nSPS) is 15.6. The quantitative estimate of drug-likeness (QED) is 0.908. The van der Waals surface area contributed by atoms with E-state index in [0.717, 1.165) is 35.8 Å². The number of hydrogen-bond acceptors (Lipinski definition) is 3. The molecule has 0 radical (unpaired) electrons. The van der Waals surface area contributed by atoms with Gasteiger partial charge in [-0.1, -0.05) is 0 Å². The molecule has 4 nitrogen and oxygen atoms in total. The molecular formula is C13H15NO3S. The highest BCUT2D eigenvalue weighted by molar-refractivity contribution is 7.92. The van der Waals surface area contributed by atoms with Crippen LogP contribution in [0.4, 0.5) is 5.69 Å². The second kappa shape index (κ2) is 4.02. The van der Waals surface area contributed by atoms with Crippen molar-refractivity contribution < 1.29 is 12.8 Å². The van der Waals surface area contributed by atoms with E-state index in [4.69, 9.17) is 4.42 Å². The molecule has 0 amide bonds. The summed E-state index contributed by atoms with van der Waals surface area (Å²) in [5.74, 6) is 1.06. The molecule has 1 aliphatic carbocycles. The molecule has 0 aliphatic heterocycles. The van der Waals surface area contributed by atoms with Crippen molar-refractivity contribution in [3.63, 3.8) is 0 Å². The van der Waals surface area contributed by atoms with Crippen molar-refractivity contribution in [2.45, 2.75) is 25.7 Å². The van der Waals surface area contributed by atoms with Gasteiger partial charge in [-0.2, -0.15) is 0 Å². The van der Waals surface area contributed by atoms with Gasteiger partial charge < -0.3 is 4.42 Å². The van der Waals surface area contributed by atoms with Gasteiger partial charge in [-0.15, -0.1) is 0 Å². The third-order valence-electron chi connectivity index (χ3n) is 3.26. The number of anilines is 1. The van der Waals surface area contributed by atoms with Crippen LogP contribution >= 0.6 is 0 Å². The number of sulfonamides is 1. The average molecular weight is 265 g/mol. The Hall–Kier alpha value is -1.49. The van der Waals surface area contributed by atoms with E-state index in [1.165, 1.54) is 18.4 Å². The van der Waals surface area contributed by atoms with Crippen LogP contribution in [-0.4, -0.2) is 14.7 Å². The van der Waals surface area contributed by atoms with Gasteiger partial charge in [-0.25, -0.2) is 8.42 Å². The molecule has 1 N–H and O–H groups in total. The van der Waals surface area contributed by atoms with Crippen LogP contribution in [0.1, 0.15) is 24.2 Å². The highest BCUT2D eigenvalue weighted by Crippen LogP contribution is 2.33. The Morgan fingerprint density at radius 2 is 2.00 bits per heavy atom. The van der Waals surface area contributed by atoms with Gasteiger partial charge in [0.2, 0.25) is 10.0 Å². The summed E-state index contributed by atoms with van der Waals surface area (Å²) in [7, 11) is -3.23. The van der Waals surface area contributed by atoms with Gasteiger partial charge in [-0.3, -0.25) is 4.72 Å². The first kappa shape index (κ1) is 11.6. The van der Waals surface area contributed by atoms with E-state index in [2.05, 4.69) is 4.72 Å². The Kier molecular flexibility index (Phi) is 2.59. The predicted octanol–water partition coefficient (Wildman–Crippen LogP) is 2.68. The van der Waals surface area contributed by atoms with Crippen LogP contribution in [-0.2, 0) is 22.9 Å². The van der Waals surface area contributed by atoms with Crippen molar-refractivity contribution in [3.05, 3.63) is 29.5 Å². The summed E-state index contributed by atoms with van der Waals surface area (Å²) in [4.78, 5) is 0. The summed E-state index contributed by atoms with van der Waals surface area (Å²) in [5.41, 5.74) is 2.69. The smallest absolute Gasteiger partial charge is 0.229 e. The first-order valence-electron chi connectivity index (χ1n) is 6.05. The van der Waals surface area contributed by atoms with Gasteiger partial charge >= 0.3 is 0 Å². The molecule has 2 aromatic rings. The molecule has 0 saturated carbocycles. The SMILES string of the molecule is CS(=O)(=O)Nc1ccc2oc3c(c2c1)CCCC3. The summed E-state index contributed by atoms with van der Waals surface area (Å²) in [6.45, 7) is 0. The lowest BCUT2D eigenvalue weighted by molar-refractivity contribution is 0.506. The lowest BCUT2D eigenvalue weighted by atomic mass is 9.96. The second-order valence-corrected chi connectivity index (χ2v) is 6.54. The maximum Gasteiger partial charge on any atom is 0.229 e. The largest absolute Gasteiger partial charge is 0.461 e. The zero-order valence-electron chi connectivity index (χ0n) is 10.2. The van der Waals surface area contributed by atoms with Crippen molar-refractivity contribution in [1.82, 2.24) is 0 Å². The Bertz CT molecular complexity index is 700. The molecule has 96 valence electrons. The lowest BCUT2D eigenvalue weighted by Crippen LogP contribution is -2.09. The molecule has 1 aliphatic rings. The van der Waals surface area contributed by atoms with E-state index in [1.54, 1.807) is 6.07 Å². The highest BCUT2D eigenvalue weighted by Gasteiger charge is 2.18. The molecule has 0 unspecified atom stereocenters. The number of rotatable bonds is 2. The van der Waals surface area contributed by atoms with Crippen molar-refractivity contribution >= 4 is 26.7 Å². The molecular weight excluding hydrogens is 250 g/mol. The first-order chi connectivity index (χ1) is 8.53. The molecule has 3 rings (SSSR count). The zero-order chi connectivity index (χ0) is 12.8. The fourth-order valence-corrected chi connectivity index (χ4v) is 3.10. The molecule has 0 atom stereocenters. The van der Waals surface area contributed by atoms with Crippen LogP contribution < -0.4 is 4.72 Å². The number of benzene rings is 1. The second-order valence-electron chi connectivity index (χ2n) is 4.80. The van der Waals surface area contributed by atoms with E-state index >= 15 is 0 Å². The van der Waals surface area contributed by atoms with Crippen molar-refractivity contribution in [2.75, 3.05) is 11.0 Å². The number of fused-ring (bicyclic) bond motifs is 3. The van der Waals surface area contributed by atoms with Crippen LogP contribution in [0.5, 0.6) is 0 Å². The first-order valence-corrected chi connectivity index (χ1v) is 7.94. The molecule has 0 bridgehead atoms. The lowest BCUT2D eigenvalue weighted by Gasteiger charge is -2.09. The van der Waals surface area contributed by atoms with E-state index in [1.807, 2.05) is 12.1 Å². The Labute approximate surface area is 106 Å². The van der Waals surface area contributed by atoms with Gasteiger partial charge in [0.25, 0.3) is 0 Å². The summed E-state index contributed by atoms with van der Waals surface area (Å²) >= 11 is 0. The van der Waals surface area contributed by atoms with Crippen LogP contribution in [0.25, 0.3) is 11.0 Å². The fourth-order valence-electron chi connectivity index (χ4n) is 2.54. The van der Waals surface area contributed by atoms with Crippen LogP contribution in [0, 0.1) is 0 Å². The van der Waals surface area contributed by atoms with Crippen LogP contribution in [0.2, 0.25) is 0 Å². The number of hydrogen-bond donors (Lipinski definition) is 1. The standard InChI is InChI=1S/C13H15NO3S/c1-18(15,16)14-9-6-7-13-11(8-9)10-4-2-3-5-12(10)17-13/h6-8,14H,2-5H2,1H3. The minimum absolute atomic E-state index is 0.596. The maximum atomic E-state index is 11.2. The van der Waals surface area contributed by atoms with Crippen LogP contribution in [0.15, 0.2) is 22.6 Å². The van der Waals surface area contributed by atoms with E-state index < -0.39 is 10.0 Å². The van der Waals surface area contributed by atoms with Crippen molar-refractivity contribution in [3.8, 4) is 0 Å². The molecule has 5 heteroatoms. The number of nitrogens with one attached hydrogen (secondary N) is 1. The zero-order valence-corrected chi connectivity index (χ0v) is 11.0. The Morgan fingerprint density at radius 3 is 2.78 bits per heavy atom. The molecule has 0 fully saturated rings. The topological polar surface area (TPSA) is 59.3 Å². The average Bonchev–Trinajstić information content (AvgIpc) is 2.65. The van der Waals surface area contributed by atoms with Gasteiger partial charge in [0.1, 0.15) is 11.3 Å². The van der Waals surface area contributed by atoms with E-state index in [-0.39, 0.29) is 0 Å². The molecule has 18 heavy (non-hydrogen) atoms. The fraction of sp³-hybridized carbons (Fsp3) is 0.385. The van der Waals surface area contributed by atoms with Gasteiger partial charge in [0, 0.05) is 23.1 Å². The summed E-state index contributed by atoms with van der Waals surface area (Å²) in [6.07, 6.45) is 5.50. The molecule has 1 heterocycles. The molecule has 1 aromatic carbocycles. The Morgan fingerprint density at radius 1 is 1.22 bits per heavy atom. The Balaban J connectivity index is 2.11. The third kappa shape index (κ3) is 2.10. The van der Waals surface area contributed by atoms with Crippen LogP contribution in [0.3, 0.4) is 0 Å². The van der Waals surface area contributed by atoms with Gasteiger partial charge in [0.05, 0.1) is 6.26 Å². The summed E-state index contributed by atoms with van der Waals surface area (Å²) < 4.78 is 30.8. The van der Waals surface area contributed by atoms with Crippen molar-refractivity contribution in [1.29, 1.82) is 0 Å². The van der Waals surface area contributed by atoms with Gasteiger partial charge in [-0.05, 0) is 37.5 Å². The number of aryl methyl sites for hydroxylation is 2. The molecule has 0 spiro atoms. The van der Waals surface area contributed by atoms with E-state index in [9.17, 15) is 8.42 Å². The minimum Gasteiger partial charge on any atom is -0.461 e. The molecule has 1 aromatic heterocycles. The maximum absolute atomic E-state index is 11.2. The monoisotopic (exact) mass is 265 g/mol. The highest BCUT2D eigenvalue weighted by atomic mass is 32.2. The van der Waals surface area contributed by atoms with Gasteiger partial charge in [0.15, 0.2) is 0 Å². The summed E-state index contributed by atoms with van der Waals surface area (Å²) in [5, 5.41) is 1.04. The molecule has 0 saturated heterocycles. The van der Waals surface area contributed by atoms with E-state index in [0.29, 0.717) is 5.69 Å². The predicted molar refractivity (Wildman–Crippen MR) is 71.3 cm³/mol. The minimum atomic E-state index is -3.23. The third-order valence-corrected chi connectivity index (χ3v) is 3.86. The number of furan rings is 1. The van der Waals surface area contributed by atoms with Crippen molar-refractivity contribution in [2.24, 2.45) is 0 Å². The summed E-state index contributed by atoms with van der Waals surface area (Å²) in [6, 6.07) is 5.43.